The van der Waals surface area contributed by atoms with Gasteiger partial charge in [0.1, 0.15) is 0 Å². The zero-order valence-corrected chi connectivity index (χ0v) is 13.6. The summed E-state index contributed by atoms with van der Waals surface area (Å²) in [5.74, 6) is 0. The second-order valence-corrected chi connectivity index (χ2v) is 5.80. The summed E-state index contributed by atoms with van der Waals surface area (Å²) in [6.45, 7) is 3.09. The molecule has 0 aromatic heterocycles. The second kappa shape index (κ2) is 9.06. The first-order valence-electron chi connectivity index (χ1n) is 8.19. The Morgan fingerprint density at radius 2 is 1.74 bits per heavy atom. The molecule has 0 saturated carbocycles. The van der Waals surface area contributed by atoms with E-state index in [1.54, 1.807) is 12.1 Å². The maximum atomic E-state index is 10.7. The molecule has 1 atom stereocenters. The van der Waals surface area contributed by atoms with Crippen molar-refractivity contribution < 1.29 is 4.92 Å². The van der Waals surface area contributed by atoms with Crippen molar-refractivity contribution in [1.82, 2.24) is 5.32 Å². The van der Waals surface area contributed by atoms with Crippen molar-refractivity contribution in [2.75, 3.05) is 6.54 Å². The number of benzene rings is 2. The Balaban J connectivity index is 1.82. The molecule has 2 rings (SSSR count). The zero-order valence-electron chi connectivity index (χ0n) is 13.6. The molecule has 4 nitrogen and oxygen atoms in total. The van der Waals surface area contributed by atoms with Gasteiger partial charge in [0.15, 0.2) is 0 Å². The van der Waals surface area contributed by atoms with Gasteiger partial charge in [-0.25, -0.2) is 0 Å². The van der Waals surface area contributed by atoms with Crippen LogP contribution in [-0.2, 0) is 12.8 Å². The number of non-ortho nitro benzene ring substituents is 1. The fraction of sp³-hybridized carbons (Fsp3) is 0.368. The molecule has 0 aliphatic heterocycles. The zero-order chi connectivity index (χ0) is 16.5. The predicted octanol–water partition coefficient (Wildman–Crippen LogP) is 4.14. The van der Waals surface area contributed by atoms with Gasteiger partial charge in [0, 0.05) is 18.2 Å². The van der Waals surface area contributed by atoms with Crippen LogP contribution in [0.15, 0.2) is 54.6 Å². The number of nitro benzene ring substituents is 1. The van der Waals surface area contributed by atoms with Gasteiger partial charge in [0.05, 0.1) is 4.92 Å². The van der Waals surface area contributed by atoms with E-state index in [-0.39, 0.29) is 10.6 Å². The monoisotopic (exact) mass is 312 g/mol. The highest BCUT2D eigenvalue weighted by Crippen LogP contribution is 2.12. The van der Waals surface area contributed by atoms with Crippen molar-refractivity contribution >= 4 is 5.69 Å². The van der Waals surface area contributed by atoms with Gasteiger partial charge >= 0.3 is 0 Å². The molecule has 0 spiro atoms. The lowest BCUT2D eigenvalue weighted by Crippen LogP contribution is -2.32. The summed E-state index contributed by atoms with van der Waals surface area (Å²) in [7, 11) is 0. The first kappa shape index (κ1) is 17.2. The molecule has 0 fully saturated rings. The summed E-state index contributed by atoms with van der Waals surface area (Å²) in [6.07, 6.45) is 4.22. The van der Waals surface area contributed by atoms with E-state index in [0.717, 1.165) is 37.8 Å². The van der Waals surface area contributed by atoms with E-state index in [1.165, 1.54) is 5.56 Å². The lowest BCUT2D eigenvalue weighted by Gasteiger charge is -2.18. The van der Waals surface area contributed by atoms with Crippen molar-refractivity contribution in [2.24, 2.45) is 0 Å². The average Bonchev–Trinajstić information content (AvgIpc) is 2.56. The predicted molar refractivity (Wildman–Crippen MR) is 93.6 cm³/mol. The summed E-state index contributed by atoms with van der Waals surface area (Å²) in [6, 6.07) is 17.8. The summed E-state index contributed by atoms with van der Waals surface area (Å²) in [5, 5.41) is 14.3. The first-order chi connectivity index (χ1) is 11.2. The van der Waals surface area contributed by atoms with Gasteiger partial charge in [0.25, 0.3) is 5.69 Å². The number of nitrogens with zero attached hydrogens (tertiary/aromatic N) is 1. The van der Waals surface area contributed by atoms with Gasteiger partial charge in [-0.1, -0.05) is 55.8 Å². The average molecular weight is 312 g/mol. The van der Waals surface area contributed by atoms with Crippen LogP contribution in [0.5, 0.6) is 0 Å². The molecule has 0 amide bonds. The molecule has 1 unspecified atom stereocenters. The molecule has 23 heavy (non-hydrogen) atoms. The van der Waals surface area contributed by atoms with Crippen LogP contribution in [0.4, 0.5) is 5.69 Å². The van der Waals surface area contributed by atoms with Gasteiger partial charge in [0.2, 0.25) is 0 Å². The third-order valence-corrected chi connectivity index (χ3v) is 3.96. The fourth-order valence-corrected chi connectivity index (χ4v) is 2.73. The largest absolute Gasteiger partial charge is 0.313 e. The van der Waals surface area contributed by atoms with Gasteiger partial charge in [-0.15, -0.1) is 0 Å². The number of rotatable bonds is 9. The van der Waals surface area contributed by atoms with Crippen LogP contribution in [0.25, 0.3) is 0 Å². The summed E-state index contributed by atoms with van der Waals surface area (Å²) < 4.78 is 0. The lowest BCUT2D eigenvalue weighted by molar-refractivity contribution is -0.384. The molecule has 2 aromatic rings. The van der Waals surface area contributed by atoms with E-state index in [4.69, 9.17) is 0 Å². The highest BCUT2D eigenvalue weighted by molar-refractivity contribution is 5.32. The molecule has 0 saturated heterocycles. The fourth-order valence-electron chi connectivity index (χ4n) is 2.73. The third kappa shape index (κ3) is 5.83. The number of hydrogen-bond acceptors (Lipinski definition) is 3. The number of nitrogens with one attached hydrogen (secondary N) is 1. The van der Waals surface area contributed by atoms with E-state index in [0.29, 0.717) is 6.04 Å². The Kier molecular flexibility index (Phi) is 6.76. The molecule has 0 heterocycles. The molecule has 0 radical (unpaired) electrons. The summed E-state index contributed by atoms with van der Waals surface area (Å²) >= 11 is 0. The molecular formula is C19H24N2O2. The van der Waals surface area contributed by atoms with Crippen LogP contribution in [0.2, 0.25) is 0 Å². The van der Waals surface area contributed by atoms with Crippen LogP contribution in [0, 0.1) is 10.1 Å². The van der Waals surface area contributed by atoms with Gasteiger partial charge in [-0.05, 0) is 36.9 Å². The minimum atomic E-state index is -0.362. The minimum absolute atomic E-state index is 0.148. The highest BCUT2D eigenvalue weighted by atomic mass is 16.6. The molecule has 2 aromatic carbocycles. The van der Waals surface area contributed by atoms with E-state index < -0.39 is 0 Å². The van der Waals surface area contributed by atoms with Gasteiger partial charge in [-0.2, -0.15) is 0 Å². The molecule has 122 valence electrons. The normalized spacial score (nSPS) is 12.0. The molecule has 1 N–H and O–H groups in total. The maximum absolute atomic E-state index is 10.7. The Morgan fingerprint density at radius 1 is 1.04 bits per heavy atom. The van der Waals surface area contributed by atoms with E-state index in [9.17, 15) is 10.1 Å². The Bertz CT molecular complexity index is 597. The lowest BCUT2D eigenvalue weighted by atomic mass is 10.0. The van der Waals surface area contributed by atoms with Crippen molar-refractivity contribution in [3.05, 3.63) is 75.8 Å². The van der Waals surface area contributed by atoms with Crippen molar-refractivity contribution in [3.8, 4) is 0 Å². The van der Waals surface area contributed by atoms with Crippen LogP contribution in [0.3, 0.4) is 0 Å². The topological polar surface area (TPSA) is 55.2 Å². The van der Waals surface area contributed by atoms with E-state index in [1.807, 2.05) is 18.2 Å². The Labute approximate surface area is 137 Å². The molecule has 4 heteroatoms. The van der Waals surface area contributed by atoms with Crippen molar-refractivity contribution in [2.45, 2.75) is 38.6 Å². The molecule has 0 aliphatic carbocycles. The number of hydrogen-bond donors (Lipinski definition) is 1. The molecule has 0 aliphatic rings. The van der Waals surface area contributed by atoms with E-state index >= 15 is 0 Å². The number of nitro groups is 1. The van der Waals surface area contributed by atoms with Crippen molar-refractivity contribution in [3.63, 3.8) is 0 Å². The van der Waals surface area contributed by atoms with Crippen LogP contribution in [0.1, 0.15) is 30.9 Å². The molecular weight excluding hydrogens is 288 g/mol. The second-order valence-electron chi connectivity index (χ2n) is 5.80. The standard InChI is InChI=1S/C19H24N2O2/c1-2-6-18(15-17-7-4-3-5-8-17)20-14-13-16-9-11-19(12-10-16)21(22)23/h3-5,7-12,18,20H,2,6,13-15H2,1H3. The smallest absolute Gasteiger partial charge is 0.269 e. The van der Waals surface area contributed by atoms with Gasteiger partial charge < -0.3 is 5.32 Å². The van der Waals surface area contributed by atoms with E-state index in [2.05, 4.69) is 36.5 Å². The third-order valence-electron chi connectivity index (χ3n) is 3.96. The summed E-state index contributed by atoms with van der Waals surface area (Å²) in [4.78, 5) is 10.3. The minimum Gasteiger partial charge on any atom is -0.313 e. The SMILES string of the molecule is CCCC(Cc1ccccc1)NCCc1ccc([N+](=O)[O-])cc1. The Hall–Kier alpha value is -2.20. The molecule has 0 bridgehead atoms. The maximum Gasteiger partial charge on any atom is 0.269 e. The van der Waals surface area contributed by atoms with Crippen molar-refractivity contribution in [1.29, 1.82) is 0 Å². The van der Waals surface area contributed by atoms with Crippen LogP contribution in [-0.4, -0.2) is 17.5 Å². The quantitative estimate of drug-likeness (QED) is 0.559. The summed E-state index contributed by atoms with van der Waals surface area (Å²) in [5.41, 5.74) is 2.63. The van der Waals surface area contributed by atoms with Crippen LogP contribution >= 0.6 is 0 Å². The highest BCUT2D eigenvalue weighted by Gasteiger charge is 2.08. The first-order valence-corrected chi connectivity index (χ1v) is 8.19. The van der Waals surface area contributed by atoms with Gasteiger partial charge in [-0.3, -0.25) is 10.1 Å². The Morgan fingerprint density at radius 3 is 2.35 bits per heavy atom. The van der Waals surface area contributed by atoms with Crippen LogP contribution < -0.4 is 5.32 Å².